The summed E-state index contributed by atoms with van der Waals surface area (Å²) in [6, 6.07) is 0.318. The quantitative estimate of drug-likeness (QED) is 0.575. The Morgan fingerprint density at radius 2 is 1.83 bits per heavy atom. The molecular formula is C17H28N4O3. The molecule has 0 amide bonds. The van der Waals surface area contributed by atoms with Crippen molar-refractivity contribution < 1.29 is 14.7 Å². The number of hydrogen-bond donors (Lipinski definition) is 3. The van der Waals surface area contributed by atoms with Crippen LogP contribution in [0, 0.1) is 6.92 Å². The number of aromatic nitrogens is 2. The van der Waals surface area contributed by atoms with Gasteiger partial charge in [0.05, 0.1) is 11.3 Å². The van der Waals surface area contributed by atoms with E-state index in [0.717, 1.165) is 18.5 Å². The lowest BCUT2D eigenvalue weighted by atomic mass is 9.80. The Bertz CT molecular complexity index is 583. The van der Waals surface area contributed by atoms with Crippen molar-refractivity contribution in [1.82, 2.24) is 15.3 Å². The largest absolute Gasteiger partial charge is 0.483 e. The molecule has 1 fully saturated rings. The number of carbonyl (C=O) groups is 2. The summed E-state index contributed by atoms with van der Waals surface area (Å²) in [7, 11) is 0. The molecular weight excluding hydrogens is 308 g/mol. The minimum Gasteiger partial charge on any atom is -0.483 e. The molecule has 134 valence electrons. The molecule has 0 aliphatic carbocycles. The van der Waals surface area contributed by atoms with E-state index in [1.165, 1.54) is 6.92 Å². The molecule has 2 rings (SSSR count). The van der Waals surface area contributed by atoms with Crippen molar-refractivity contribution in [3.8, 4) is 0 Å². The van der Waals surface area contributed by atoms with Gasteiger partial charge < -0.3 is 15.7 Å². The lowest BCUT2D eigenvalue weighted by Gasteiger charge is -2.46. The molecule has 7 heteroatoms. The number of anilines is 1. The van der Waals surface area contributed by atoms with E-state index in [-0.39, 0.29) is 23.3 Å². The van der Waals surface area contributed by atoms with Crippen molar-refractivity contribution >= 4 is 18.2 Å². The molecule has 1 aliphatic heterocycles. The molecule has 0 radical (unpaired) electrons. The highest BCUT2D eigenvalue weighted by molar-refractivity contribution is 5.94. The maximum absolute atomic E-state index is 11.4. The first-order chi connectivity index (χ1) is 11.0. The first-order valence-electron chi connectivity index (χ1n) is 7.98. The van der Waals surface area contributed by atoms with Crippen LogP contribution in [0.25, 0.3) is 0 Å². The number of carbonyl (C=O) groups excluding carboxylic acids is 1. The third-order valence-electron chi connectivity index (χ3n) is 3.88. The summed E-state index contributed by atoms with van der Waals surface area (Å²) >= 11 is 0. The van der Waals surface area contributed by atoms with Crippen LogP contribution in [0.3, 0.4) is 0 Å². The van der Waals surface area contributed by atoms with E-state index < -0.39 is 0 Å². The van der Waals surface area contributed by atoms with Crippen LogP contribution in [0.5, 0.6) is 0 Å². The van der Waals surface area contributed by atoms with Gasteiger partial charge in [-0.25, -0.2) is 9.97 Å². The Morgan fingerprint density at radius 3 is 2.25 bits per heavy atom. The fraction of sp³-hybridized carbons (Fsp3) is 0.647. The molecule has 2 heterocycles. The predicted octanol–water partition coefficient (Wildman–Crippen LogP) is 2.41. The Kier molecular flexibility index (Phi) is 6.42. The highest BCUT2D eigenvalue weighted by Crippen LogP contribution is 2.29. The second kappa shape index (κ2) is 7.70. The van der Waals surface area contributed by atoms with Crippen molar-refractivity contribution in [2.45, 2.75) is 71.5 Å². The van der Waals surface area contributed by atoms with Crippen LogP contribution in [0.1, 0.15) is 63.5 Å². The normalized spacial score (nSPS) is 18.9. The molecule has 0 saturated carbocycles. The summed E-state index contributed by atoms with van der Waals surface area (Å²) in [5, 5.41) is 14.0. The summed E-state index contributed by atoms with van der Waals surface area (Å²) in [6.45, 7) is 12.0. The van der Waals surface area contributed by atoms with Gasteiger partial charge in [-0.2, -0.15) is 0 Å². The number of hydrogen-bond acceptors (Lipinski definition) is 6. The SMILES string of the molecule is CC(=O)c1cnc(NC2CC(C)(C)NC(C)(C)C2)nc1C.O=CO. The number of carboxylic acid groups (broad SMARTS) is 1. The van der Waals surface area contributed by atoms with Crippen molar-refractivity contribution in [3.63, 3.8) is 0 Å². The molecule has 1 aromatic heterocycles. The number of ketones is 1. The number of Topliss-reactive ketones (excluding diaryl/α,β-unsaturated/α-hetero) is 1. The molecule has 7 nitrogen and oxygen atoms in total. The lowest BCUT2D eigenvalue weighted by molar-refractivity contribution is -0.122. The molecule has 0 aromatic carbocycles. The number of nitrogens with zero attached hydrogens (tertiary/aromatic N) is 2. The molecule has 0 unspecified atom stereocenters. The first-order valence-corrected chi connectivity index (χ1v) is 7.98. The summed E-state index contributed by atoms with van der Waals surface area (Å²) in [4.78, 5) is 28.5. The van der Waals surface area contributed by atoms with E-state index in [4.69, 9.17) is 9.90 Å². The van der Waals surface area contributed by atoms with Gasteiger partial charge in [-0.15, -0.1) is 0 Å². The maximum Gasteiger partial charge on any atom is 0.290 e. The second-order valence-electron chi connectivity index (χ2n) is 7.50. The zero-order chi connectivity index (χ0) is 18.5. The topological polar surface area (TPSA) is 104 Å². The molecule has 0 bridgehead atoms. The van der Waals surface area contributed by atoms with E-state index in [1.54, 1.807) is 6.20 Å². The summed E-state index contributed by atoms with van der Waals surface area (Å²) < 4.78 is 0. The van der Waals surface area contributed by atoms with Gasteiger partial charge in [0, 0.05) is 23.3 Å². The van der Waals surface area contributed by atoms with Crippen LogP contribution >= 0.6 is 0 Å². The number of rotatable bonds is 3. The Labute approximate surface area is 143 Å². The lowest BCUT2D eigenvalue weighted by Crippen LogP contribution is -2.60. The Balaban J connectivity index is 0.000000891. The summed E-state index contributed by atoms with van der Waals surface area (Å²) in [5.41, 5.74) is 1.47. The van der Waals surface area contributed by atoms with E-state index in [0.29, 0.717) is 17.6 Å². The average Bonchev–Trinajstić information content (AvgIpc) is 2.35. The summed E-state index contributed by atoms with van der Waals surface area (Å²) in [5.74, 6) is 0.610. The van der Waals surface area contributed by atoms with Crippen LogP contribution in [0.2, 0.25) is 0 Å². The van der Waals surface area contributed by atoms with Crippen LogP contribution in [0.15, 0.2) is 6.20 Å². The number of piperidine rings is 1. The molecule has 24 heavy (non-hydrogen) atoms. The van der Waals surface area contributed by atoms with Crippen molar-refractivity contribution in [3.05, 3.63) is 17.5 Å². The van der Waals surface area contributed by atoms with Gasteiger partial charge in [0.2, 0.25) is 5.95 Å². The number of aryl methyl sites for hydroxylation is 1. The van der Waals surface area contributed by atoms with Gasteiger partial charge in [0.25, 0.3) is 6.47 Å². The van der Waals surface area contributed by atoms with Crippen LogP contribution in [0.4, 0.5) is 5.95 Å². The van der Waals surface area contributed by atoms with Gasteiger partial charge in [0.1, 0.15) is 0 Å². The fourth-order valence-electron chi connectivity index (χ4n) is 3.49. The third-order valence-corrected chi connectivity index (χ3v) is 3.88. The van der Waals surface area contributed by atoms with Crippen molar-refractivity contribution in [2.75, 3.05) is 5.32 Å². The predicted molar refractivity (Wildman–Crippen MR) is 93.4 cm³/mol. The van der Waals surface area contributed by atoms with Crippen LogP contribution in [-0.2, 0) is 4.79 Å². The maximum atomic E-state index is 11.4. The Hall–Kier alpha value is -2.02. The van der Waals surface area contributed by atoms with E-state index in [1.807, 2.05) is 6.92 Å². The highest BCUT2D eigenvalue weighted by Gasteiger charge is 2.37. The zero-order valence-electron chi connectivity index (χ0n) is 15.3. The second-order valence-corrected chi connectivity index (χ2v) is 7.50. The standard InChI is InChI=1S/C16H26N4O.CH2O2/c1-10-13(11(2)21)9-17-14(18-10)19-12-7-15(3,4)20-16(5,6)8-12;2-1-3/h9,12,20H,7-8H2,1-6H3,(H,17,18,19);1H,(H,2,3). The van der Waals surface area contributed by atoms with Gasteiger partial charge in [-0.3, -0.25) is 9.59 Å². The number of nitrogens with one attached hydrogen (secondary N) is 2. The van der Waals surface area contributed by atoms with Gasteiger partial charge >= 0.3 is 0 Å². The van der Waals surface area contributed by atoms with Crippen LogP contribution < -0.4 is 10.6 Å². The smallest absolute Gasteiger partial charge is 0.290 e. The summed E-state index contributed by atoms with van der Waals surface area (Å²) in [6.07, 6.45) is 3.63. The van der Waals surface area contributed by atoms with Gasteiger partial charge in [0.15, 0.2) is 5.78 Å². The average molecular weight is 336 g/mol. The van der Waals surface area contributed by atoms with Crippen molar-refractivity contribution in [1.29, 1.82) is 0 Å². The van der Waals surface area contributed by atoms with E-state index in [2.05, 4.69) is 48.3 Å². The van der Waals surface area contributed by atoms with E-state index in [9.17, 15) is 4.79 Å². The minimum atomic E-state index is -0.250. The monoisotopic (exact) mass is 336 g/mol. The van der Waals surface area contributed by atoms with Gasteiger partial charge in [-0.1, -0.05) is 0 Å². The third kappa shape index (κ3) is 5.88. The molecule has 3 N–H and O–H groups in total. The molecule has 0 atom stereocenters. The molecule has 1 aliphatic rings. The van der Waals surface area contributed by atoms with E-state index >= 15 is 0 Å². The van der Waals surface area contributed by atoms with Crippen molar-refractivity contribution in [2.24, 2.45) is 0 Å². The highest BCUT2D eigenvalue weighted by atomic mass is 16.3. The minimum absolute atomic E-state index is 0.00295. The molecule has 1 saturated heterocycles. The molecule has 1 aromatic rings. The fourth-order valence-corrected chi connectivity index (χ4v) is 3.49. The molecule has 0 spiro atoms. The Morgan fingerprint density at radius 1 is 1.33 bits per heavy atom. The first kappa shape index (κ1) is 20.0. The zero-order valence-corrected chi connectivity index (χ0v) is 15.3. The van der Waals surface area contributed by atoms with Crippen LogP contribution in [-0.4, -0.2) is 44.4 Å². The van der Waals surface area contributed by atoms with Gasteiger partial charge in [-0.05, 0) is 54.4 Å².